The summed E-state index contributed by atoms with van der Waals surface area (Å²) in [6.07, 6.45) is 1.45. The molecule has 196 valence electrons. The minimum Gasteiger partial charge on any atom is -0.478 e. The molecule has 11 heteroatoms. The molecule has 0 bridgehead atoms. The standard InChI is InChI=1S/C27H24N4O6.H2O/c32-23-10-9-22-24(29-23)25(33)21(16-31(22)15-17-1-3-18(4-2-17)27(35)36)26(34)28-19-5-7-20(8-6-19)30-11-13-37-14-12-30;/h1-10,16H,11-15H2,(H,28,34)(H,29,32)(H,35,36);1H2. The van der Waals surface area contributed by atoms with Crippen LogP contribution in [0.5, 0.6) is 0 Å². The minimum atomic E-state index is -1.03. The van der Waals surface area contributed by atoms with Crippen LogP contribution in [0.3, 0.4) is 0 Å². The molecule has 5 rings (SSSR count). The zero-order chi connectivity index (χ0) is 25.9. The number of carbonyl (C=O) groups is 2. The van der Waals surface area contributed by atoms with E-state index in [4.69, 9.17) is 9.84 Å². The number of carbonyl (C=O) groups excluding carboxylic acids is 1. The lowest BCUT2D eigenvalue weighted by molar-refractivity contribution is 0.0696. The van der Waals surface area contributed by atoms with Crippen molar-refractivity contribution in [2.75, 3.05) is 36.5 Å². The van der Waals surface area contributed by atoms with Crippen LogP contribution in [0.2, 0.25) is 0 Å². The first-order chi connectivity index (χ1) is 17.9. The van der Waals surface area contributed by atoms with Crippen LogP contribution in [0, 0.1) is 0 Å². The van der Waals surface area contributed by atoms with Gasteiger partial charge in [-0.1, -0.05) is 12.1 Å². The summed E-state index contributed by atoms with van der Waals surface area (Å²) in [5.74, 6) is -1.64. The van der Waals surface area contributed by atoms with Gasteiger partial charge in [0.2, 0.25) is 11.0 Å². The van der Waals surface area contributed by atoms with Crippen LogP contribution in [-0.4, -0.2) is 58.3 Å². The Hall–Kier alpha value is -4.74. The van der Waals surface area contributed by atoms with Gasteiger partial charge in [-0.05, 0) is 48.0 Å². The molecule has 0 saturated carbocycles. The van der Waals surface area contributed by atoms with Gasteiger partial charge in [-0.15, -0.1) is 0 Å². The van der Waals surface area contributed by atoms with Crippen LogP contribution < -0.4 is 21.2 Å². The van der Waals surface area contributed by atoms with Crippen molar-refractivity contribution in [1.29, 1.82) is 0 Å². The molecule has 1 amide bonds. The maximum atomic E-state index is 13.2. The van der Waals surface area contributed by atoms with Gasteiger partial charge in [-0.3, -0.25) is 14.4 Å². The molecular weight excluding hydrogens is 492 g/mol. The van der Waals surface area contributed by atoms with Gasteiger partial charge in [-0.2, -0.15) is 0 Å². The number of morpholine rings is 1. The summed E-state index contributed by atoms with van der Waals surface area (Å²) in [5.41, 5.74) is 1.73. The largest absolute Gasteiger partial charge is 0.478 e. The number of aromatic amines is 1. The summed E-state index contributed by atoms with van der Waals surface area (Å²) in [6.45, 7) is 3.16. The molecular formula is C27H26N4O7. The number of pyridine rings is 2. The van der Waals surface area contributed by atoms with Crippen molar-refractivity contribution >= 4 is 34.3 Å². The van der Waals surface area contributed by atoms with Gasteiger partial charge in [0.1, 0.15) is 11.1 Å². The molecule has 38 heavy (non-hydrogen) atoms. The zero-order valence-corrected chi connectivity index (χ0v) is 20.3. The number of nitrogens with zero attached hydrogens (tertiary/aromatic N) is 2. The van der Waals surface area contributed by atoms with Crippen LogP contribution in [0.4, 0.5) is 11.4 Å². The zero-order valence-electron chi connectivity index (χ0n) is 20.3. The van der Waals surface area contributed by atoms with E-state index in [9.17, 15) is 19.2 Å². The van der Waals surface area contributed by atoms with Crippen molar-refractivity contribution in [3.8, 4) is 0 Å². The predicted octanol–water partition coefficient (Wildman–Crippen LogP) is 1.70. The third kappa shape index (κ3) is 5.48. The highest BCUT2D eigenvalue weighted by Crippen LogP contribution is 2.20. The van der Waals surface area contributed by atoms with Gasteiger partial charge >= 0.3 is 5.97 Å². The first kappa shape index (κ1) is 26.3. The van der Waals surface area contributed by atoms with Gasteiger partial charge in [0.25, 0.3) is 5.91 Å². The lowest BCUT2D eigenvalue weighted by Crippen LogP contribution is -2.36. The first-order valence-electron chi connectivity index (χ1n) is 11.7. The number of carboxylic acid groups (broad SMARTS) is 1. The van der Waals surface area contributed by atoms with E-state index in [2.05, 4.69) is 15.2 Å². The van der Waals surface area contributed by atoms with Crippen LogP contribution in [0.1, 0.15) is 26.3 Å². The Morgan fingerprint density at radius 3 is 2.29 bits per heavy atom. The number of benzene rings is 2. The number of ether oxygens (including phenoxy) is 1. The molecule has 2 aromatic carbocycles. The molecule has 0 atom stereocenters. The Kier molecular flexibility index (Phi) is 7.70. The molecule has 1 fully saturated rings. The van der Waals surface area contributed by atoms with Crippen molar-refractivity contribution in [3.63, 3.8) is 0 Å². The topological polar surface area (TPSA) is 165 Å². The number of aromatic carboxylic acids is 1. The number of anilines is 2. The van der Waals surface area contributed by atoms with Crippen molar-refractivity contribution in [2.24, 2.45) is 0 Å². The fraction of sp³-hybridized carbons (Fsp3) is 0.185. The average molecular weight is 519 g/mol. The third-order valence-electron chi connectivity index (χ3n) is 6.26. The van der Waals surface area contributed by atoms with Gasteiger partial charge in [0.05, 0.1) is 24.3 Å². The van der Waals surface area contributed by atoms with Crippen LogP contribution >= 0.6 is 0 Å². The molecule has 3 heterocycles. The SMILES string of the molecule is O.O=C(O)c1ccc(Cn2cc(C(=O)Nc3ccc(N4CCOCC4)cc3)c(=O)c3[nH]c(=O)ccc32)cc1. The summed E-state index contributed by atoms with van der Waals surface area (Å²) in [6, 6.07) is 16.5. The highest BCUT2D eigenvalue weighted by atomic mass is 16.5. The van der Waals surface area contributed by atoms with E-state index in [0.29, 0.717) is 24.4 Å². The van der Waals surface area contributed by atoms with E-state index in [0.717, 1.165) is 24.3 Å². The van der Waals surface area contributed by atoms with Crippen molar-refractivity contribution < 1.29 is 24.9 Å². The number of rotatable bonds is 6. The van der Waals surface area contributed by atoms with E-state index in [-0.39, 0.29) is 28.7 Å². The molecule has 5 N–H and O–H groups in total. The average Bonchev–Trinajstić information content (AvgIpc) is 2.91. The van der Waals surface area contributed by atoms with E-state index in [1.807, 2.05) is 12.1 Å². The van der Waals surface area contributed by atoms with Gasteiger partial charge < -0.3 is 35.1 Å². The van der Waals surface area contributed by atoms with Gasteiger partial charge in [0.15, 0.2) is 0 Å². The number of fused-ring (bicyclic) bond motifs is 1. The minimum absolute atomic E-state index is 0. The van der Waals surface area contributed by atoms with Crippen LogP contribution in [0.25, 0.3) is 11.0 Å². The van der Waals surface area contributed by atoms with E-state index >= 15 is 0 Å². The quantitative estimate of drug-likeness (QED) is 0.349. The summed E-state index contributed by atoms with van der Waals surface area (Å²) in [4.78, 5) is 54.2. The first-order valence-corrected chi connectivity index (χ1v) is 11.7. The molecule has 0 aliphatic carbocycles. The summed E-state index contributed by atoms with van der Waals surface area (Å²) < 4.78 is 7.06. The summed E-state index contributed by atoms with van der Waals surface area (Å²) in [7, 11) is 0. The Balaban J connectivity index is 0.00000336. The van der Waals surface area contributed by atoms with Crippen LogP contribution in [0.15, 0.2) is 76.4 Å². The second kappa shape index (κ2) is 11.1. The number of amides is 1. The van der Waals surface area contributed by atoms with E-state index in [1.165, 1.54) is 30.5 Å². The van der Waals surface area contributed by atoms with Gasteiger partial charge in [0, 0.05) is 43.3 Å². The molecule has 11 nitrogen and oxygen atoms in total. The Morgan fingerprint density at radius 1 is 0.947 bits per heavy atom. The number of carboxylic acids is 1. The highest BCUT2D eigenvalue weighted by molar-refractivity contribution is 6.05. The maximum absolute atomic E-state index is 13.2. The smallest absolute Gasteiger partial charge is 0.335 e. The number of hydrogen-bond donors (Lipinski definition) is 3. The maximum Gasteiger partial charge on any atom is 0.335 e. The predicted molar refractivity (Wildman–Crippen MR) is 142 cm³/mol. The lowest BCUT2D eigenvalue weighted by atomic mass is 10.1. The summed E-state index contributed by atoms with van der Waals surface area (Å²) >= 11 is 0. The molecule has 1 saturated heterocycles. The summed E-state index contributed by atoms with van der Waals surface area (Å²) in [5, 5.41) is 11.9. The Bertz CT molecular complexity index is 1590. The van der Waals surface area contributed by atoms with Crippen molar-refractivity contribution in [2.45, 2.75) is 6.54 Å². The fourth-order valence-electron chi connectivity index (χ4n) is 4.32. The second-order valence-corrected chi connectivity index (χ2v) is 8.69. The number of hydrogen-bond acceptors (Lipinski definition) is 6. The number of H-pyrrole nitrogens is 1. The monoisotopic (exact) mass is 518 g/mol. The highest BCUT2D eigenvalue weighted by Gasteiger charge is 2.18. The second-order valence-electron chi connectivity index (χ2n) is 8.69. The molecule has 0 radical (unpaired) electrons. The molecule has 0 spiro atoms. The molecule has 4 aromatic rings. The van der Waals surface area contributed by atoms with Gasteiger partial charge in [-0.25, -0.2) is 4.79 Å². The fourth-order valence-corrected chi connectivity index (χ4v) is 4.32. The Labute approximate surface area is 216 Å². The molecule has 1 aliphatic heterocycles. The molecule has 2 aromatic heterocycles. The lowest BCUT2D eigenvalue weighted by Gasteiger charge is -2.28. The van der Waals surface area contributed by atoms with Crippen molar-refractivity contribution in [1.82, 2.24) is 9.55 Å². The third-order valence-corrected chi connectivity index (χ3v) is 6.26. The van der Waals surface area contributed by atoms with E-state index < -0.39 is 22.9 Å². The van der Waals surface area contributed by atoms with Crippen LogP contribution in [-0.2, 0) is 11.3 Å². The number of nitrogens with one attached hydrogen (secondary N) is 2. The molecule has 1 aliphatic rings. The van der Waals surface area contributed by atoms with E-state index in [1.54, 1.807) is 28.8 Å². The Morgan fingerprint density at radius 2 is 1.63 bits per heavy atom. The molecule has 0 unspecified atom stereocenters. The number of aromatic nitrogens is 2. The van der Waals surface area contributed by atoms with Crippen molar-refractivity contribution in [3.05, 3.63) is 104 Å². The normalized spacial score (nSPS) is 13.1.